The number of nitrogens with one attached hydrogen (secondary N) is 1. The smallest absolute Gasteiger partial charge is 0.123 e. The minimum absolute atomic E-state index is 0.0806. The highest BCUT2D eigenvalue weighted by molar-refractivity contribution is 7.12. The summed E-state index contributed by atoms with van der Waals surface area (Å²) < 4.78 is 13.1. The number of hydrazine groups is 1. The lowest BCUT2D eigenvalue weighted by atomic mass is 10.00. The van der Waals surface area contributed by atoms with Crippen molar-refractivity contribution < 1.29 is 4.39 Å². The van der Waals surface area contributed by atoms with Gasteiger partial charge in [-0.2, -0.15) is 0 Å². The molecule has 0 saturated heterocycles. The second kappa shape index (κ2) is 5.18. The second-order valence-corrected chi connectivity index (χ2v) is 5.78. The zero-order chi connectivity index (χ0) is 13.3. The van der Waals surface area contributed by atoms with Gasteiger partial charge in [0.05, 0.1) is 6.04 Å². The summed E-state index contributed by atoms with van der Waals surface area (Å²) in [6.45, 7) is 6.07. The lowest BCUT2D eigenvalue weighted by molar-refractivity contribution is 0.615. The molecule has 0 spiro atoms. The van der Waals surface area contributed by atoms with Gasteiger partial charge in [-0.25, -0.2) is 9.82 Å². The molecule has 18 heavy (non-hydrogen) atoms. The highest BCUT2D eigenvalue weighted by atomic mass is 32.1. The Balaban J connectivity index is 2.45. The Morgan fingerprint density at radius 2 is 1.89 bits per heavy atom. The third kappa shape index (κ3) is 2.46. The van der Waals surface area contributed by atoms with Crippen LogP contribution in [0, 0.1) is 26.6 Å². The molecule has 2 rings (SSSR count). The average Bonchev–Trinajstić information content (AvgIpc) is 2.63. The van der Waals surface area contributed by atoms with Gasteiger partial charge < -0.3 is 0 Å². The van der Waals surface area contributed by atoms with Crippen molar-refractivity contribution in [2.45, 2.75) is 26.8 Å². The zero-order valence-corrected chi connectivity index (χ0v) is 11.6. The first kappa shape index (κ1) is 13.2. The molecule has 1 atom stereocenters. The van der Waals surface area contributed by atoms with E-state index in [1.165, 1.54) is 22.6 Å². The van der Waals surface area contributed by atoms with Crippen LogP contribution in [-0.4, -0.2) is 0 Å². The Morgan fingerprint density at radius 3 is 2.39 bits per heavy atom. The van der Waals surface area contributed by atoms with E-state index < -0.39 is 0 Å². The Bertz CT molecular complexity index is 543. The predicted octanol–water partition coefficient (Wildman–Crippen LogP) is 3.37. The van der Waals surface area contributed by atoms with Gasteiger partial charge in [-0.1, -0.05) is 6.07 Å². The third-order valence-corrected chi connectivity index (χ3v) is 4.40. The van der Waals surface area contributed by atoms with Crippen molar-refractivity contribution in [1.29, 1.82) is 0 Å². The first-order valence-corrected chi connectivity index (χ1v) is 6.63. The minimum Gasteiger partial charge on any atom is -0.271 e. The summed E-state index contributed by atoms with van der Waals surface area (Å²) in [5.41, 5.74) is 6.00. The van der Waals surface area contributed by atoms with Crippen LogP contribution in [0.3, 0.4) is 0 Å². The van der Waals surface area contributed by atoms with Crippen molar-refractivity contribution in [2.24, 2.45) is 5.84 Å². The van der Waals surface area contributed by atoms with Gasteiger partial charge in [-0.3, -0.25) is 5.84 Å². The van der Waals surface area contributed by atoms with Crippen LogP contribution in [0.15, 0.2) is 24.3 Å². The van der Waals surface area contributed by atoms with Crippen LogP contribution < -0.4 is 11.3 Å². The number of benzene rings is 1. The predicted molar refractivity (Wildman–Crippen MR) is 74.1 cm³/mol. The largest absolute Gasteiger partial charge is 0.271 e. The molecule has 96 valence electrons. The van der Waals surface area contributed by atoms with Gasteiger partial charge >= 0.3 is 0 Å². The Labute approximate surface area is 111 Å². The molecule has 3 N–H and O–H groups in total. The van der Waals surface area contributed by atoms with Crippen molar-refractivity contribution in [1.82, 2.24) is 5.43 Å². The second-order valence-electron chi connectivity index (χ2n) is 4.49. The number of hydrogen-bond donors (Lipinski definition) is 2. The topological polar surface area (TPSA) is 38.0 Å². The van der Waals surface area contributed by atoms with Gasteiger partial charge in [-0.05, 0) is 55.7 Å². The Kier molecular flexibility index (Phi) is 3.80. The summed E-state index contributed by atoms with van der Waals surface area (Å²) in [6.07, 6.45) is 0. The van der Waals surface area contributed by atoms with E-state index in [1.807, 2.05) is 6.92 Å². The van der Waals surface area contributed by atoms with Crippen molar-refractivity contribution in [3.63, 3.8) is 0 Å². The van der Waals surface area contributed by atoms with Gasteiger partial charge in [0.25, 0.3) is 0 Å². The number of aryl methyl sites for hydroxylation is 3. The molecular formula is C14H17FN2S. The zero-order valence-electron chi connectivity index (χ0n) is 10.8. The van der Waals surface area contributed by atoms with E-state index in [0.717, 1.165) is 16.0 Å². The number of nitrogens with two attached hydrogens (primary N) is 1. The number of rotatable bonds is 3. The molecule has 0 aliphatic heterocycles. The van der Waals surface area contributed by atoms with Gasteiger partial charge in [0.15, 0.2) is 0 Å². The third-order valence-electron chi connectivity index (χ3n) is 3.18. The quantitative estimate of drug-likeness (QED) is 0.659. The maximum Gasteiger partial charge on any atom is 0.123 e. The summed E-state index contributed by atoms with van der Waals surface area (Å²) in [6, 6.07) is 6.85. The summed E-state index contributed by atoms with van der Waals surface area (Å²) in [4.78, 5) is 2.44. The first-order chi connectivity index (χ1) is 8.52. The van der Waals surface area contributed by atoms with E-state index in [1.54, 1.807) is 17.4 Å². The molecule has 0 saturated carbocycles. The van der Waals surface area contributed by atoms with Crippen LogP contribution in [0.5, 0.6) is 0 Å². The number of hydrogen-bond acceptors (Lipinski definition) is 3. The minimum atomic E-state index is -0.217. The van der Waals surface area contributed by atoms with Crippen LogP contribution in [0.4, 0.5) is 4.39 Å². The van der Waals surface area contributed by atoms with Crippen molar-refractivity contribution in [2.75, 3.05) is 0 Å². The van der Waals surface area contributed by atoms with Gasteiger partial charge in [0.2, 0.25) is 0 Å². The fourth-order valence-corrected chi connectivity index (χ4v) is 3.15. The van der Waals surface area contributed by atoms with E-state index in [2.05, 4.69) is 25.3 Å². The first-order valence-electron chi connectivity index (χ1n) is 5.82. The molecule has 2 nitrogen and oxygen atoms in total. The molecular weight excluding hydrogens is 247 g/mol. The fourth-order valence-electron chi connectivity index (χ4n) is 2.03. The van der Waals surface area contributed by atoms with Crippen LogP contribution in [0.2, 0.25) is 0 Å². The van der Waals surface area contributed by atoms with Crippen LogP contribution in [0.1, 0.15) is 32.5 Å². The molecule has 0 radical (unpaired) electrons. The van der Waals surface area contributed by atoms with Crippen molar-refractivity contribution in [3.05, 3.63) is 56.5 Å². The normalized spacial score (nSPS) is 12.7. The fraction of sp³-hybridized carbons (Fsp3) is 0.286. The van der Waals surface area contributed by atoms with E-state index in [0.29, 0.717) is 0 Å². The van der Waals surface area contributed by atoms with Crippen LogP contribution in [0.25, 0.3) is 0 Å². The molecule has 0 aliphatic rings. The molecule has 1 heterocycles. The summed E-state index contributed by atoms with van der Waals surface area (Å²) in [5.74, 6) is 5.45. The van der Waals surface area contributed by atoms with E-state index in [4.69, 9.17) is 5.84 Å². The van der Waals surface area contributed by atoms with Crippen LogP contribution in [-0.2, 0) is 0 Å². The lowest BCUT2D eigenvalue weighted by Crippen LogP contribution is -2.28. The van der Waals surface area contributed by atoms with E-state index >= 15 is 0 Å². The molecule has 0 aliphatic carbocycles. The Morgan fingerprint density at radius 1 is 1.17 bits per heavy atom. The van der Waals surface area contributed by atoms with E-state index in [9.17, 15) is 4.39 Å². The highest BCUT2D eigenvalue weighted by Gasteiger charge is 2.17. The Hall–Kier alpha value is -1.23. The van der Waals surface area contributed by atoms with Crippen molar-refractivity contribution >= 4 is 11.3 Å². The van der Waals surface area contributed by atoms with E-state index in [-0.39, 0.29) is 11.9 Å². The maximum absolute atomic E-state index is 13.1. The molecule has 0 amide bonds. The maximum atomic E-state index is 13.1. The highest BCUT2D eigenvalue weighted by Crippen LogP contribution is 2.31. The molecule has 0 bridgehead atoms. The monoisotopic (exact) mass is 264 g/mol. The molecule has 1 aromatic carbocycles. The standard InChI is InChI=1S/C14H17FN2S/c1-8-7-13(18-10(8)3)14(17-16)12-5-4-11(15)6-9(12)2/h4-7,14,17H,16H2,1-3H3. The lowest BCUT2D eigenvalue weighted by Gasteiger charge is -2.17. The molecule has 0 fully saturated rings. The molecule has 2 aromatic rings. The summed E-state index contributed by atoms with van der Waals surface area (Å²) in [5, 5.41) is 0. The summed E-state index contributed by atoms with van der Waals surface area (Å²) >= 11 is 1.72. The average molecular weight is 264 g/mol. The van der Waals surface area contributed by atoms with Gasteiger partial charge in [0, 0.05) is 9.75 Å². The van der Waals surface area contributed by atoms with Crippen molar-refractivity contribution in [3.8, 4) is 0 Å². The summed E-state index contributed by atoms with van der Waals surface area (Å²) in [7, 11) is 0. The van der Waals surface area contributed by atoms with Gasteiger partial charge in [0.1, 0.15) is 5.82 Å². The molecule has 1 unspecified atom stereocenters. The van der Waals surface area contributed by atoms with Crippen LogP contribution >= 0.6 is 11.3 Å². The number of thiophene rings is 1. The molecule has 4 heteroatoms. The SMILES string of the molecule is Cc1cc(F)ccc1C(NN)c1cc(C)c(C)s1. The number of halogens is 1. The van der Waals surface area contributed by atoms with Gasteiger partial charge in [-0.15, -0.1) is 11.3 Å². The molecule has 1 aromatic heterocycles.